The van der Waals surface area contributed by atoms with Crippen LogP contribution in [0.5, 0.6) is 0 Å². The van der Waals surface area contributed by atoms with Gasteiger partial charge in [-0.2, -0.15) is 10.5 Å². The van der Waals surface area contributed by atoms with Crippen LogP contribution in [-0.4, -0.2) is 17.0 Å². The second-order valence-electron chi connectivity index (χ2n) is 5.48. The van der Waals surface area contributed by atoms with E-state index in [0.29, 0.717) is 19.5 Å². The zero-order valence-electron chi connectivity index (χ0n) is 13.7. The van der Waals surface area contributed by atoms with Crippen molar-refractivity contribution in [3.63, 3.8) is 0 Å². The SMILES string of the molecule is CCCCNC(=O)/C(C#N)=C/c1cn(CCC#N)c2ccccc12. The Balaban J connectivity index is 2.35. The van der Waals surface area contributed by atoms with Crippen molar-refractivity contribution in [1.29, 1.82) is 10.5 Å². The van der Waals surface area contributed by atoms with Gasteiger partial charge in [-0.1, -0.05) is 31.5 Å². The number of para-hydroxylation sites is 1. The Kier molecular flexibility index (Phi) is 6.16. The van der Waals surface area contributed by atoms with Crippen molar-refractivity contribution in [2.45, 2.75) is 32.7 Å². The third kappa shape index (κ3) is 4.02. The largest absolute Gasteiger partial charge is 0.351 e. The number of hydrogen-bond donors (Lipinski definition) is 1. The molecule has 1 aromatic carbocycles. The van der Waals surface area contributed by atoms with Gasteiger partial charge in [0.15, 0.2) is 0 Å². The lowest BCUT2D eigenvalue weighted by Gasteiger charge is -2.02. The molecule has 0 spiro atoms. The molecule has 5 nitrogen and oxygen atoms in total. The lowest BCUT2D eigenvalue weighted by atomic mass is 10.1. The first-order valence-electron chi connectivity index (χ1n) is 8.06. The summed E-state index contributed by atoms with van der Waals surface area (Å²) in [5.74, 6) is -0.347. The van der Waals surface area contributed by atoms with E-state index in [-0.39, 0.29) is 11.5 Å². The third-order valence-corrected chi connectivity index (χ3v) is 3.76. The average Bonchev–Trinajstić information content (AvgIpc) is 2.95. The van der Waals surface area contributed by atoms with Crippen LogP contribution in [0.25, 0.3) is 17.0 Å². The quantitative estimate of drug-likeness (QED) is 0.482. The highest BCUT2D eigenvalue weighted by atomic mass is 16.1. The number of rotatable bonds is 7. The molecule has 5 heteroatoms. The topological polar surface area (TPSA) is 81.6 Å². The molecule has 0 saturated heterocycles. The first-order chi connectivity index (χ1) is 11.7. The van der Waals surface area contributed by atoms with Crippen LogP contribution in [-0.2, 0) is 11.3 Å². The van der Waals surface area contributed by atoms with Crippen LogP contribution in [0.15, 0.2) is 36.0 Å². The van der Waals surface area contributed by atoms with Gasteiger partial charge in [-0.3, -0.25) is 4.79 Å². The minimum absolute atomic E-state index is 0.0919. The van der Waals surface area contributed by atoms with Crippen LogP contribution in [0, 0.1) is 22.7 Å². The second kappa shape index (κ2) is 8.55. The van der Waals surface area contributed by atoms with Gasteiger partial charge in [-0.25, -0.2) is 0 Å². The minimum Gasteiger partial charge on any atom is -0.351 e. The number of nitrogens with one attached hydrogen (secondary N) is 1. The monoisotopic (exact) mass is 320 g/mol. The summed E-state index contributed by atoms with van der Waals surface area (Å²) < 4.78 is 1.98. The van der Waals surface area contributed by atoms with Crippen molar-refractivity contribution < 1.29 is 4.79 Å². The number of nitriles is 2. The van der Waals surface area contributed by atoms with E-state index >= 15 is 0 Å². The number of aromatic nitrogens is 1. The molecule has 0 bridgehead atoms. The van der Waals surface area contributed by atoms with Crippen LogP contribution in [0.3, 0.4) is 0 Å². The summed E-state index contributed by atoms with van der Waals surface area (Å²) in [6.07, 6.45) is 5.78. The Morgan fingerprint density at radius 3 is 2.83 bits per heavy atom. The molecule has 122 valence electrons. The summed E-state index contributed by atoms with van der Waals surface area (Å²) in [4.78, 5) is 12.1. The maximum absolute atomic E-state index is 12.1. The van der Waals surface area contributed by atoms with Gasteiger partial charge in [0.05, 0.1) is 12.5 Å². The molecule has 2 rings (SSSR count). The molecule has 1 amide bonds. The number of unbranched alkanes of at least 4 members (excludes halogenated alkanes) is 1. The fraction of sp³-hybridized carbons (Fsp3) is 0.316. The lowest BCUT2D eigenvalue weighted by molar-refractivity contribution is -0.117. The molecule has 1 aromatic heterocycles. The smallest absolute Gasteiger partial charge is 0.261 e. The fourth-order valence-electron chi connectivity index (χ4n) is 2.52. The summed E-state index contributed by atoms with van der Waals surface area (Å²) in [6, 6.07) is 11.9. The predicted molar refractivity (Wildman–Crippen MR) is 93.7 cm³/mol. The van der Waals surface area contributed by atoms with Gasteiger partial charge in [-0.15, -0.1) is 0 Å². The van der Waals surface area contributed by atoms with E-state index in [9.17, 15) is 10.1 Å². The molecular weight excluding hydrogens is 300 g/mol. The number of carbonyl (C=O) groups excluding carboxylic acids is 1. The molecule has 1 heterocycles. The van der Waals surface area contributed by atoms with E-state index in [1.54, 1.807) is 6.08 Å². The van der Waals surface area contributed by atoms with E-state index in [1.165, 1.54) is 0 Å². The minimum atomic E-state index is -0.347. The van der Waals surface area contributed by atoms with Gasteiger partial charge in [-0.05, 0) is 18.6 Å². The second-order valence-corrected chi connectivity index (χ2v) is 5.48. The first kappa shape index (κ1) is 17.3. The Hall–Kier alpha value is -3.05. The molecule has 0 aliphatic carbocycles. The predicted octanol–water partition coefficient (Wildman–Crippen LogP) is 3.38. The summed E-state index contributed by atoms with van der Waals surface area (Å²) in [7, 11) is 0. The summed E-state index contributed by atoms with van der Waals surface area (Å²) >= 11 is 0. The Morgan fingerprint density at radius 2 is 2.12 bits per heavy atom. The van der Waals surface area contributed by atoms with Crippen molar-refractivity contribution in [3.8, 4) is 12.1 Å². The number of hydrogen-bond acceptors (Lipinski definition) is 3. The zero-order chi connectivity index (χ0) is 17.4. The van der Waals surface area contributed by atoms with Gasteiger partial charge >= 0.3 is 0 Å². The Labute approximate surface area is 141 Å². The van der Waals surface area contributed by atoms with Crippen molar-refractivity contribution in [1.82, 2.24) is 9.88 Å². The van der Waals surface area contributed by atoms with Gasteiger partial charge in [0.25, 0.3) is 5.91 Å². The number of benzene rings is 1. The summed E-state index contributed by atoms with van der Waals surface area (Å²) in [5.41, 5.74) is 1.89. The van der Waals surface area contributed by atoms with Gasteiger partial charge in [0.1, 0.15) is 11.6 Å². The van der Waals surface area contributed by atoms with Crippen LogP contribution in [0.4, 0.5) is 0 Å². The van der Waals surface area contributed by atoms with Gasteiger partial charge < -0.3 is 9.88 Å². The highest BCUT2D eigenvalue weighted by Gasteiger charge is 2.11. The highest BCUT2D eigenvalue weighted by Crippen LogP contribution is 2.23. The third-order valence-electron chi connectivity index (χ3n) is 3.76. The summed E-state index contributed by atoms with van der Waals surface area (Å²) in [5, 5.41) is 21.8. The molecule has 24 heavy (non-hydrogen) atoms. The number of amides is 1. The van der Waals surface area contributed by atoms with Crippen LogP contribution in [0.2, 0.25) is 0 Å². The fourth-order valence-corrected chi connectivity index (χ4v) is 2.52. The number of aryl methyl sites for hydroxylation is 1. The molecule has 0 aliphatic rings. The normalized spacial score (nSPS) is 11.0. The maximum Gasteiger partial charge on any atom is 0.261 e. The van der Waals surface area contributed by atoms with Crippen LogP contribution in [0.1, 0.15) is 31.7 Å². The van der Waals surface area contributed by atoms with Crippen molar-refractivity contribution in [2.24, 2.45) is 0 Å². The van der Waals surface area contributed by atoms with Crippen molar-refractivity contribution >= 4 is 22.9 Å². The molecule has 0 atom stereocenters. The molecule has 0 saturated carbocycles. The first-order valence-corrected chi connectivity index (χ1v) is 8.06. The van der Waals surface area contributed by atoms with Crippen molar-refractivity contribution in [3.05, 3.63) is 41.6 Å². The van der Waals surface area contributed by atoms with Crippen LogP contribution < -0.4 is 5.32 Å². The number of carbonyl (C=O) groups is 1. The average molecular weight is 320 g/mol. The molecule has 0 radical (unpaired) electrons. The number of nitrogens with zero attached hydrogens (tertiary/aromatic N) is 3. The Bertz CT molecular complexity index is 833. The molecular formula is C19H20N4O. The van der Waals surface area contributed by atoms with E-state index in [4.69, 9.17) is 5.26 Å². The molecule has 1 N–H and O–H groups in total. The van der Waals surface area contributed by atoms with E-state index < -0.39 is 0 Å². The van der Waals surface area contributed by atoms with Crippen molar-refractivity contribution in [2.75, 3.05) is 6.54 Å². The molecule has 2 aromatic rings. The molecule has 0 aliphatic heterocycles. The van der Waals surface area contributed by atoms with E-state index in [2.05, 4.69) is 11.4 Å². The van der Waals surface area contributed by atoms with Gasteiger partial charge in [0, 0.05) is 35.8 Å². The zero-order valence-corrected chi connectivity index (χ0v) is 13.7. The standard InChI is InChI=1S/C19H20N4O/c1-2-3-10-22-19(24)15(13-21)12-16-14-23(11-6-9-20)18-8-5-4-7-17(16)18/h4-5,7-8,12,14H,2-3,6,10-11H2,1H3,(H,22,24)/b15-12+. The van der Waals surface area contributed by atoms with E-state index in [1.807, 2.05) is 48.0 Å². The summed E-state index contributed by atoms with van der Waals surface area (Å²) in [6.45, 7) is 3.19. The Morgan fingerprint density at radius 1 is 1.33 bits per heavy atom. The van der Waals surface area contributed by atoms with E-state index in [0.717, 1.165) is 29.3 Å². The molecule has 0 fully saturated rings. The number of fused-ring (bicyclic) bond motifs is 1. The maximum atomic E-state index is 12.1. The van der Waals surface area contributed by atoms with Crippen LogP contribution >= 0.6 is 0 Å². The molecule has 0 unspecified atom stereocenters. The lowest BCUT2D eigenvalue weighted by Crippen LogP contribution is -2.25. The van der Waals surface area contributed by atoms with Gasteiger partial charge in [0.2, 0.25) is 0 Å². The highest BCUT2D eigenvalue weighted by molar-refractivity contribution is 6.04.